The third kappa shape index (κ3) is 4.60. The van der Waals surface area contributed by atoms with Crippen LogP contribution in [0.5, 0.6) is 0 Å². The maximum Gasteiger partial charge on any atom is 0.270 e. The Morgan fingerprint density at radius 1 is 1.19 bits per heavy atom. The second-order valence-corrected chi connectivity index (χ2v) is 5.08. The molecule has 0 bridgehead atoms. The minimum Gasteiger partial charge on any atom is -0.387 e. The molecule has 2 N–H and O–H groups in total. The second-order valence-electron chi connectivity index (χ2n) is 5.08. The molecule has 0 aliphatic rings. The van der Waals surface area contributed by atoms with Crippen molar-refractivity contribution in [2.24, 2.45) is 0 Å². The summed E-state index contributed by atoms with van der Waals surface area (Å²) in [7, 11) is 1.82. The van der Waals surface area contributed by atoms with Gasteiger partial charge in [-0.3, -0.25) is 4.79 Å². The van der Waals surface area contributed by atoms with Crippen molar-refractivity contribution < 1.29 is 4.79 Å². The lowest BCUT2D eigenvalue weighted by atomic mass is 10.1. The van der Waals surface area contributed by atoms with Gasteiger partial charge in [-0.05, 0) is 37.5 Å². The Labute approximate surface area is 125 Å². The van der Waals surface area contributed by atoms with Gasteiger partial charge in [0.05, 0.1) is 11.9 Å². The molecule has 110 valence electrons. The van der Waals surface area contributed by atoms with E-state index in [0.29, 0.717) is 5.69 Å². The molecule has 2 aromatic rings. The third-order valence-corrected chi connectivity index (χ3v) is 3.37. The predicted molar refractivity (Wildman–Crippen MR) is 85.5 cm³/mol. The lowest BCUT2D eigenvalue weighted by Crippen LogP contribution is -2.33. The number of carbonyl (C=O) groups excluding carboxylic acids is 1. The smallest absolute Gasteiger partial charge is 0.270 e. The zero-order valence-corrected chi connectivity index (χ0v) is 12.5. The van der Waals surface area contributed by atoms with E-state index < -0.39 is 0 Å². The normalized spacial score (nSPS) is 11.7. The molecule has 0 saturated carbocycles. The van der Waals surface area contributed by atoms with Crippen LogP contribution in [0.25, 0.3) is 0 Å². The maximum absolute atomic E-state index is 12.1. The monoisotopic (exact) mass is 283 g/mol. The average Bonchev–Trinajstić information content (AvgIpc) is 2.54. The molecule has 1 atom stereocenters. The SMILES string of the molecule is CNc1ccc(C(=O)NC(C)CCc2ccccc2)nc1. The minimum absolute atomic E-state index is 0.114. The first-order valence-corrected chi connectivity index (χ1v) is 7.17. The standard InChI is InChI=1S/C17H21N3O/c1-13(8-9-14-6-4-3-5-7-14)20-17(21)16-11-10-15(18-2)12-19-16/h3-7,10-13,18H,8-9H2,1-2H3,(H,20,21). The lowest BCUT2D eigenvalue weighted by Gasteiger charge is -2.13. The van der Waals surface area contributed by atoms with Gasteiger partial charge in [0.25, 0.3) is 5.91 Å². The molecule has 0 saturated heterocycles. The molecule has 1 unspecified atom stereocenters. The maximum atomic E-state index is 12.1. The summed E-state index contributed by atoms with van der Waals surface area (Å²) in [6, 6.07) is 14.0. The number of hydrogen-bond acceptors (Lipinski definition) is 3. The first-order chi connectivity index (χ1) is 10.2. The molecule has 0 radical (unpaired) electrons. The van der Waals surface area contributed by atoms with Crippen LogP contribution in [0, 0.1) is 0 Å². The fraction of sp³-hybridized carbons (Fsp3) is 0.294. The Morgan fingerprint density at radius 2 is 1.95 bits per heavy atom. The molecule has 0 aliphatic heterocycles. The van der Waals surface area contributed by atoms with Gasteiger partial charge in [0.15, 0.2) is 0 Å². The zero-order valence-electron chi connectivity index (χ0n) is 12.5. The summed E-state index contributed by atoms with van der Waals surface area (Å²) >= 11 is 0. The highest BCUT2D eigenvalue weighted by Crippen LogP contribution is 2.07. The molecule has 0 fully saturated rings. The van der Waals surface area contributed by atoms with Gasteiger partial charge in [-0.15, -0.1) is 0 Å². The number of hydrogen-bond donors (Lipinski definition) is 2. The van der Waals surface area contributed by atoms with Gasteiger partial charge in [0.1, 0.15) is 5.69 Å². The van der Waals surface area contributed by atoms with E-state index in [1.54, 1.807) is 12.3 Å². The van der Waals surface area contributed by atoms with Crippen LogP contribution >= 0.6 is 0 Å². The van der Waals surface area contributed by atoms with Crippen molar-refractivity contribution in [2.75, 3.05) is 12.4 Å². The highest BCUT2D eigenvalue weighted by Gasteiger charge is 2.10. The number of amides is 1. The van der Waals surface area contributed by atoms with Gasteiger partial charge in [-0.2, -0.15) is 0 Å². The molecule has 1 aromatic carbocycles. The molecule has 21 heavy (non-hydrogen) atoms. The van der Waals surface area contributed by atoms with Crippen molar-refractivity contribution in [3.63, 3.8) is 0 Å². The summed E-state index contributed by atoms with van der Waals surface area (Å²) in [6.07, 6.45) is 3.52. The number of pyridine rings is 1. The fourth-order valence-electron chi connectivity index (χ4n) is 2.07. The topological polar surface area (TPSA) is 54.0 Å². The van der Waals surface area contributed by atoms with Gasteiger partial charge in [0.2, 0.25) is 0 Å². The van der Waals surface area contributed by atoms with Gasteiger partial charge >= 0.3 is 0 Å². The molecule has 1 heterocycles. The molecule has 4 heteroatoms. The summed E-state index contributed by atoms with van der Waals surface area (Å²) in [5, 5.41) is 5.96. The number of rotatable bonds is 6. The Hall–Kier alpha value is -2.36. The Balaban J connectivity index is 1.83. The van der Waals surface area contributed by atoms with Gasteiger partial charge in [-0.1, -0.05) is 30.3 Å². The van der Waals surface area contributed by atoms with Gasteiger partial charge in [0, 0.05) is 13.1 Å². The van der Waals surface area contributed by atoms with Crippen molar-refractivity contribution in [3.05, 3.63) is 59.9 Å². The first kappa shape index (κ1) is 15.0. The minimum atomic E-state index is -0.127. The van der Waals surface area contributed by atoms with E-state index in [9.17, 15) is 4.79 Å². The van der Waals surface area contributed by atoms with E-state index in [2.05, 4.69) is 27.8 Å². The van der Waals surface area contributed by atoms with E-state index in [-0.39, 0.29) is 11.9 Å². The third-order valence-electron chi connectivity index (χ3n) is 3.37. The van der Waals surface area contributed by atoms with Crippen molar-refractivity contribution in [1.82, 2.24) is 10.3 Å². The molecule has 1 amide bonds. The van der Waals surface area contributed by atoms with Crippen LogP contribution in [-0.4, -0.2) is 24.0 Å². The Kier molecular flexibility index (Phi) is 5.32. The number of aromatic nitrogens is 1. The van der Waals surface area contributed by atoms with E-state index in [4.69, 9.17) is 0 Å². The quantitative estimate of drug-likeness (QED) is 0.857. The van der Waals surface area contributed by atoms with E-state index in [0.717, 1.165) is 18.5 Å². The number of carbonyl (C=O) groups is 1. The van der Waals surface area contributed by atoms with E-state index >= 15 is 0 Å². The number of aryl methyl sites for hydroxylation is 1. The zero-order chi connectivity index (χ0) is 15.1. The summed E-state index contributed by atoms with van der Waals surface area (Å²) in [5.74, 6) is -0.127. The summed E-state index contributed by atoms with van der Waals surface area (Å²) in [4.78, 5) is 16.2. The molecule has 1 aromatic heterocycles. The first-order valence-electron chi connectivity index (χ1n) is 7.17. The predicted octanol–water partition coefficient (Wildman–Crippen LogP) is 2.87. The van der Waals surface area contributed by atoms with Crippen molar-refractivity contribution in [2.45, 2.75) is 25.8 Å². The Morgan fingerprint density at radius 3 is 2.57 bits per heavy atom. The molecular formula is C17H21N3O. The molecule has 0 spiro atoms. The van der Waals surface area contributed by atoms with Crippen LogP contribution in [0.1, 0.15) is 29.4 Å². The number of anilines is 1. The highest BCUT2D eigenvalue weighted by molar-refractivity contribution is 5.92. The van der Waals surface area contributed by atoms with Crippen molar-refractivity contribution >= 4 is 11.6 Å². The summed E-state index contributed by atoms with van der Waals surface area (Å²) in [6.45, 7) is 2.02. The molecule has 4 nitrogen and oxygen atoms in total. The summed E-state index contributed by atoms with van der Waals surface area (Å²) in [5.41, 5.74) is 2.62. The largest absolute Gasteiger partial charge is 0.387 e. The average molecular weight is 283 g/mol. The second kappa shape index (κ2) is 7.43. The van der Waals surface area contributed by atoms with Crippen LogP contribution in [0.4, 0.5) is 5.69 Å². The Bertz CT molecular complexity index is 566. The van der Waals surface area contributed by atoms with Crippen LogP contribution < -0.4 is 10.6 Å². The molecule has 0 aliphatic carbocycles. The van der Waals surface area contributed by atoms with Crippen LogP contribution in [0.3, 0.4) is 0 Å². The van der Waals surface area contributed by atoms with Crippen LogP contribution in [-0.2, 0) is 6.42 Å². The van der Waals surface area contributed by atoms with Crippen LogP contribution in [0.2, 0.25) is 0 Å². The van der Waals surface area contributed by atoms with Crippen molar-refractivity contribution in [1.29, 1.82) is 0 Å². The van der Waals surface area contributed by atoms with Crippen molar-refractivity contribution in [3.8, 4) is 0 Å². The molecular weight excluding hydrogens is 262 g/mol. The van der Waals surface area contributed by atoms with Crippen LogP contribution in [0.15, 0.2) is 48.7 Å². The number of nitrogens with one attached hydrogen (secondary N) is 2. The summed E-state index contributed by atoms with van der Waals surface area (Å²) < 4.78 is 0. The van der Waals surface area contributed by atoms with Gasteiger partial charge in [-0.25, -0.2) is 4.98 Å². The van der Waals surface area contributed by atoms with E-state index in [1.165, 1.54) is 5.56 Å². The number of benzene rings is 1. The molecule has 2 rings (SSSR count). The fourth-order valence-corrected chi connectivity index (χ4v) is 2.07. The number of nitrogens with zero attached hydrogens (tertiary/aromatic N) is 1. The lowest BCUT2D eigenvalue weighted by molar-refractivity contribution is 0.0933. The highest BCUT2D eigenvalue weighted by atomic mass is 16.1. The van der Waals surface area contributed by atoms with Gasteiger partial charge < -0.3 is 10.6 Å². The van der Waals surface area contributed by atoms with E-state index in [1.807, 2.05) is 38.2 Å².